The summed E-state index contributed by atoms with van der Waals surface area (Å²) in [4.78, 5) is 5.71. The normalized spacial score (nSPS) is 21.8. The second-order valence-electron chi connectivity index (χ2n) is 6.69. The summed E-state index contributed by atoms with van der Waals surface area (Å²) < 4.78 is 2.09. The van der Waals surface area contributed by atoms with Crippen LogP contribution in [0.25, 0.3) is 4.96 Å². The van der Waals surface area contributed by atoms with Crippen LogP contribution in [0.15, 0.2) is 17.8 Å². The van der Waals surface area contributed by atoms with E-state index in [-0.39, 0.29) is 6.04 Å². The number of thiazole rings is 1. The van der Waals surface area contributed by atoms with Crippen LogP contribution in [-0.2, 0) is 6.42 Å². The van der Waals surface area contributed by atoms with Crippen LogP contribution in [0.5, 0.6) is 0 Å². The number of imidazole rings is 1. The van der Waals surface area contributed by atoms with Crippen LogP contribution in [0.4, 0.5) is 0 Å². The van der Waals surface area contributed by atoms with E-state index in [9.17, 15) is 0 Å². The molecule has 1 aliphatic rings. The van der Waals surface area contributed by atoms with Crippen molar-refractivity contribution in [3.8, 4) is 0 Å². The van der Waals surface area contributed by atoms with Crippen LogP contribution in [0, 0.1) is 11.3 Å². The minimum absolute atomic E-state index is 0.265. The molecule has 19 heavy (non-hydrogen) atoms. The molecule has 0 saturated heterocycles. The predicted molar refractivity (Wildman–Crippen MR) is 80.5 cm³/mol. The van der Waals surface area contributed by atoms with Gasteiger partial charge in [0.25, 0.3) is 0 Å². The molecule has 0 radical (unpaired) electrons. The third-order valence-electron chi connectivity index (χ3n) is 4.58. The van der Waals surface area contributed by atoms with Gasteiger partial charge in [0.1, 0.15) is 0 Å². The third kappa shape index (κ3) is 2.84. The van der Waals surface area contributed by atoms with E-state index >= 15 is 0 Å². The smallest absolute Gasteiger partial charge is 0.193 e. The van der Waals surface area contributed by atoms with Crippen molar-refractivity contribution in [2.75, 3.05) is 0 Å². The number of nitrogens with zero attached hydrogens (tertiary/aromatic N) is 2. The van der Waals surface area contributed by atoms with Crippen molar-refractivity contribution < 1.29 is 0 Å². The van der Waals surface area contributed by atoms with Crippen molar-refractivity contribution >= 4 is 16.3 Å². The Hall–Kier alpha value is -0.870. The first-order valence-corrected chi connectivity index (χ1v) is 8.08. The lowest BCUT2D eigenvalue weighted by molar-refractivity contribution is 0.172. The van der Waals surface area contributed by atoms with Gasteiger partial charge in [0.15, 0.2) is 4.96 Å². The molecule has 104 valence electrons. The number of rotatable bonds is 3. The molecule has 0 aromatic carbocycles. The number of fused-ring (bicyclic) bond motifs is 1. The highest BCUT2D eigenvalue weighted by Crippen LogP contribution is 2.39. The second kappa shape index (κ2) is 4.91. The maximum Gasteiger partial charge on any atom is 0.193 e. The summed E-state index contributed by atoms with van der Waals surface area (Å²) in [7, 11) is 0. The molecule has 3 rings (SSSR count). The van der Waals surface area contributed by atoms with Crippen LogP contribution >= 0.6 is 11.3 Å². The molecule has 2 aromatic heterocycles. The maximum atomic E-state index is 6.41. The molecule has 0 amide bonds. The SMILES string of the molecule is CC1(C)CCC(C(N)Cc2cn3ccsc3n2)CC1. The summed E-state index contributed by atoms with van der Waals surface area (Å²) in [5.41, 5.74) is 8.08. The second-order valence-corrected chi connectivity index (χ2v) is 7.57. The monoisotopic (exact) mass is 277 g/mol. The minimum Gasteiger partial charge on any atom is -0.327 e. The molecule has 2 N–H and O–H groups in total. The van der Waals surface area contributed by atoms with Crippen molar-refractivity contribution in [1.29, 1.82) is 0 Å². The summed E-state index contributed by atoms with van der Waals surface area (Å²) in [5, 5.41) is 2.06. The third-order valence-corrected chi connectivity index (χ3v) is 5.35. The summed E-state index contributed by atoms with van der Waals surface area (Å²) in [6.45, 7) is 4.75. The molecule has 3 nitrogen and oxygen atoms in total. The standard InChI is InChI=1S/C15H23N3S/c1-15(2)5-3-11(4-6-15)13(16)9-12-10-18-7-8-19-14(18)17-12/h7-8,10-11,13H,3-6,9,16H2,1-2H3. The van der Waals surface area contributed by atoms with E-state index in [1.165, 1.54) is 25.7 Å². The van der Waals surface area contributed by atoms with Gasteiger partial charge in [0, 0.05) is 30.2 Å². The van der Waals surface area contributed by atoms with E-state index in [4.69, 9.17) is 5.73 Å². The average Bonchev–Trinajstić information content (AvgIpc) is 2.89. The predicted octanol–water partition coefficient (Wildman–Crippen LogP) is 3.48. The van der Waals surface area contributed by atoms with Crippen molar-refractivity contribution in [2.45, 2.75) is 52.0 Å². The van der Waals surface area contributed by atoms with Crippen LogP contribution in [0.3, 0.4) is 0 Å². The molecule has 0 aliphatic heterocycles. The number of hydrogen-bond acceptors (Lipinski definition) is 3. The summed E-state index contributed by atoms with van der Waals surface area (Å²) in [6.07, 6.45) is 10.3. The molecular weight excluding hydrogens is 254 g/mol. The zero-order valence-electron chi connectivity index (χ0n) is 11.8. The molecule has 2 heterocycles. The minimum atomic E-state index is 0.265. The zero-order valence-corrected chi connectivity index (χ0v) is 12.6. The number of aromatic nitrogens is 2. The Morgan fingerprint density at radius 2 is 2.21 bits per heavy atom. The van der Waals surface area contributed by atoms with E-state index in [0.29, 0.717) is 11.3 Å². The van der Waals surface area contributed by atoms with Gasteiger partial charge in [-0.2, -0.15) is 0 Å². The average molecular weight is 277 g/mol. The molecule has 1 saturated carbocycles. The van der Waals surface area contributed by atoms with Gasteiger partial charge < -0.3 is 5.73 Å². The lowest BCUT2D eigenvalue weighted by Crippen LogP contribution is -2.36. The topological polar surface area (TPSA) is 43.3 Å². The van der Waals surface area contributed by atoms with E-state index in [2.05, 4.69) is 41.0 Å². The first-order chi connectivity index (χ1) is 9.03. The van der Waals surface area contributed by atoms with Gasteiger partial charge in [-0.1, -0.05) is 13.8 Å². The Balaban J connectivity index is 1.62. The Morgan fingerprint density at radius 3 is 2.89 bits per heavy atom. The summed E-state index contributed by atoms with van der Waals surface area (Å²) in [6, 6.07) is 0.265. The van der Waals surface area contributed by atoms with E-state index in [1.54, 1.807) is 11.3 Å². The van der Waals surface area contributed by atoms with Crippen LogP contribution in [-0.4, -0.2) is 15.4 Å². The highest BCUT2D eigenvalue weighted by atomic mass is 32.1. The zero-order chi connectivity index (χ0) is 13.5. The Bertz CT molecular complexity index is 516. The molecule has 1 fully saturated rings. The highest BCUT2D eigenvalue weighted by molar-refractivity contribution is 7.15. The van der Waals surface area contributed by atoms with Gasteiger partial charge in [-0.15, -0.1) is 11.3 Å². The van der Waals surface area contributed by atoms with Crippen molar-refractivity contribution in [3.05, 3.63) is 23.5 Å². The first kappa shape index (κ1) is 13.1. The fourth-order valence-electron chi connectivity index (χ4n) is 3.13. The summed E-state index contributed by atoms with van der Waals surface area (Å²) in [5.74, 6) is 0.674. The van der Waals surface area contributed by atoms with Crippen LogP contribution < -0.4 is 5.73 Å². The Morgan fingerprint density at radius 1 is 1.47 bits per heavy atom. The largest absolute Gasteiger partial charge is 0.327 e. The fraction of sp³-hybridized carbons (Fsp3) is 0.667. The molecule has 0 bridgehead atoms. The lowest BCUT2D eigenvalue weighted by atomic mass is 9.71. The molecule has 2 aromatic rings. The highest BCUT2D eigenvalue weighted by Gasteiger charge is 2.30. The molecule has 1 aliphatic carbocycles. The quantitative estimate of drug-likeness (QED) is 0.933. The lowest BCUT2D eigenvalue weighted by Gasteiger charge is -2.36. The Kier molecular flexibility index (Phi) is 3.39. The first-order valence-electron chi connectivity index (χ1n) is 7.20. The van der Waals surface area contributed by atoms with Crippen molar-refractivity contribution in [1.82, 2.24) is 9.38 Å². The van der Waals surface area contributed by atoms with E-state index in [0.717, 1.165) is 17.1 Å². The van der Waals surface area contributed by atoms with Crippen molar-refractivity contribution in [3.63, 3.8) is 0 Å². The van der Waals surface area contributed by atoms with Crippen LogP contribution in [0.1, 0.15) is 45.2 Å². The summed E-state index contributed by atoms with van der Waals surface area (Å²) >= 11 is 1.68. The fourth-order valence-corrected chi connectivity index (χ4v) is 3.85. The molecule has 0 spiro atoms. The van der Waals surface area contributed by atoms with E-state index < -0.39 is 0 Å². The van der Waals surface area contributed by atoms with E-state index in [1.807, 2.05) is 0 Å². The molecule has 1 atom stereocenters. The molecule has 4 heteroatoms. The molecular formula is C15H23N3S. The Labute approximate surface area is 118 Å². The number of nitrogens with two attached hydrogens (primary N) is 1. The van der Waals surface area contributed by atoms with Gasteiger partial charge in [-0.05, 0) is 37.0 Å². The number of hydrogen-bond donors (Lipinski definition) is 1. The molecule has 1 unspecified atom stereocenters. The van der Waals surface area contributed by atoms with Gasteiger partial charge >= 0.3 is 0 Å². The van der Waals surface area contributed by atoms with Gasteiger partial charge in [-0.3, -0.25) is 4.40 Å². The van der Waals surface area contributed by atoms with Gasteiger partial charge in [-0.25, -0.2) is 4.98 Å². The van der Waals surface area contributed by atoms with Gasteiger partial charge in [0.2, 0.25) is 0 Å². The van der Waals surface area contributed by atoms with Crippen molar-refractivity contribution in [2.24, 2.45) is 17.1 Å². The maximum absolute atomic E-state index is 6.41. The van der Waals surface area contributed by atoms with Crippen LogP contribution in [0.2, 0.25) is 0 Å². The van der Waals surface area contributed by atoms with Gasteiger partial charge in [0.05, 0.1) is 5.69 Å².